The van der Waals surface area contributed by atoms with Gasteiger partial charge in [-0.3, -0.25) is 0 Å². The first-order chi connectivity index (χ1) is 11.7. The van der Waals surface area contributed by atoms with Crippen LogP contribution in [0.2, 0.25) is 0 Å². The molecule has 24 heavy (non-hydrogen) atoms. The van der Waals surface area contributed by atoms with Crippen LogP contribution in [0.25, 0.3) is 17.0 Å². The highest BCUT2D eigenvalue weighted by Crippen LogP contribution is 2.18. The van der Waals surface area contributed by atoms with Crippen molar-refractivity contribution in [1.82, 2.24) is 24.7 Å². The Balaban J connectivity index is 1.52. The van der Waals surface area contributed by atoms with Crippen LogP contribution in [0.1, 0.15) is 17.1 Å². The van der Waals surface area contributed by atoms with Gasteiger partial charge in [-0.1, -0.05) is 29.4 Å². The maximum absolute atomic E-state index is 5.01. The summed E-state index contributed by atoms with van der Waals surface area (Å²) in [5, 5.41) is 11.6. The van der Waals surface area contributed by atoms with Crippen LogP contribution in [0.4, 0.5) is 5.82 Å². The highest BCUT2D eigenvalue weighted by Gasteiger charge is 2.07. The first kappa shape index (κ1) is 14.4. The number of aryl methyl sites for hydroxylation is 2. The summed E-state index contributed by atoms with van der Waals surface area (Å²) in [6.07, 6.45) is 1.74. The number of nitrogens with zero attached hydrogens (tertiary/aromatic N) is 5. The van der Waals surface area contributed by atoms with Crippen molar-refractivity contribution in [3.8, 4) is 11.4 Å². The van der Waals surface area contributed by atoms with Crippen LogP contribution in [0.5, 0.6) is 0 Å². The Labute approximate surface area is 138 Å². The highest BCUT2D eigenvalue weighted by atomic mass is 16.5. The molecule has 0 aliphatic carbocycles. The van der Waals surface area contributed by atoms with E-state index in [1.54, 1.807) is 17.6 Å². The van der Waals surface area contributed by atoms with Crippen molar-refractivity contribution < 1.29 is 4.52 Å². The van der Waals surface area contributed by atoms with E-state index in [9.17, 15) is 0 Å². The van der Waals surface area contributed by atoms with Crippen LogP contribution in [-0.4, -0.2) is 24.7 Å². The van der Waals surface area contributed by atoms with Crippen LogP contribution in [0.15, 0.2) is 47.1 Å². The molecule has 0 radical (unpaired) electrons. The van der Waals surface area contributed by atoms with Crippen LogP contribution in [0, 0.1) is 13.8 Å². The quantitative estimate of drug-likeness (QED) is 0.622. The summed E-state index contributed by atoms with van der Waals surface area (Å²) in [6.45, 7) is 4.44. The molecule has 4 rings (SSSR count). The van der Waals surface area contributed by atoms with Gasteiger partial charge in [-0.25, -0.2) is 4.98 Å². The minimum Gasteiger partial charge on any atom is -0.366 e. The van der Waals surface area contributed by atoms with E-state index >= 15 is 0 Å². The number of aromatic nitrogens is 5. The monoisotopic (exact) mass is 320 g/mol. The van der Waals surface area contributed by atoms with Gasteiger partial charge >= 0.3 is 0 Å². The van der Waals surface area contributed by atoms with Gasteiger partial charge in [0.25, 0.3) is 0 Å². The van der Waals surface area contributed by atoms with Gasteiger partial charge in [-0.15, -0.1) is 0 Å². The van der Waals surface area contributed by atoms with E-state index in [0.717, 1.165) is 28.3 Å². The molecule has 120 valence electrons. The molecule has 3 heterocycles. The Hall–Kier alpha value is -3.22. The van der Waals surface area contributed by atoms with Gasteiger partial charge < -0.3 is 9.84 Å². The molecule has 0 saturated carbocycles. The molecule has 0 fully saturated rings. The average Bonchev–Trinajstić information content (AvgIpc) is 3.22. The van der Waals surface area contributed by atoms with Gasteiger partial charge in [-0.05, 0) is 12.5 Å². The molecule has 1 N–H and O–H groups in total. The minimum atomic E-state index is 0.562. The van der Waals surface area contributed by atoms with Crippen molar-refractivity contribution in [1.29, 1.82) is 0 Å². The summed E-state index contributed by atoms with van der Waals surface area (Å²) in [7, 11) is 0. The lowest BCUT2D eigenvalue weighted by Gasteiger charge is -2.09. The van der Waals surface area contributed by atoms with E-state index in [2.05, 4.69) is 25.5 Å². The number of anilines is 1. The number of fused-ring (bicyclic) bond motifs is 1. The summed E-state index contributed by atoms with van der Waals surface area (Å²) in [5.41, 5.74) is 3.87. The van der Waals surface area contributed by atoms with Crippen LogP contribution >= 0.6 is 0 Å². The fraction of sp³-hybridized carbons (Fsp3) is 0.176. The number of benzene rings is 1. The Morgan fingerprint density at radius 3 is 2.67 bits per heavy atom. The van der Waals surface area contributed by atoms with Crippen LogP contribution < -0.4 is 5.32 Å². The molecule has 1 aromatic carbocycles. The van der Waals surface area contributed by atoms with Crippen molar-refractivity contribution in [2.45, 2.75) is 20.4 Å². The molecule has 0 saturated heterocycles. The number of hydrogen-bond acceptors (Lipinski definition) is 6. The zero-order valence-corrected chi connectivity index (χ0v) is 13.4. The molecule has 0 atom stereocenters. The molecule has 0 bridgehead atoms. The molecule has 0 aliphatic rings. The second-order valence-electron chi connectivity index (χ2n) is 5.57. The predicted molar refractivity (Wildman–Crippen MR) is 89.5 cm³/mol. The zero-order valence-electron chi connectivity index (χ0n) is 13.4. The molecule has 0 aliphatic heterocycles. The zero-order chi connectivity index (χ0) is 16.5. The van der Waals surface area contributed by atoms with Crippen LogP contribution in [-0.2, 0) is 6.54 Å². The maximum Gasteiger partial charge on any atom is 0.223 e. The number of hydrogen-bond donors (Lipinski definition) is 1. The van der Waals surface area contributed by atoms with Crippen molar-refractivity contribution in [2.24, 2.45) is 0 Å². The van der Waals surface area contributed by atoms with Crippen molar-refractivity contribution in [2.75, 3.05) is 5.32 Å². The Bertz CT molecular complexity index is 986. The van der Waals surface area contributed by atoms with Gasteiger partial charge in [-0.2, -0.15) is 14.6 Å². The standard InChI is InChI=1S/C17H16N6O/c1-11-9-16(23-15(20-11)7-8-19-23)18-10-13-3-5-14(6-4-13)17-21-12(2)24-22-17/h3-9,18H,10H2,1-2H3. The fourth-order valence-corrected chi connectivity index (χ4v) is 2.55. The Kier molecular flexibility index (Phi) is 3.45. The molecule has 0 unspecified atom stereocenters. The highest BCUT2D eigenvalue weighted by molar-refractivity contribution is 5.55. The largest absolute Gasteiger partial charge is 0.366 e. The SMILES string of the molecule is Cc1cc(NCc2ccc(-c3noc(C)n3)cc2)n2nccc2n1. The van der Waals surface area contributed by atoms with E-state index in [1.165, 1.54) is 0 Å². The molecular formula is C17H16N6O. The molecule has 3 aromatic heterocycles. The maximum atomic E-state index is 5.01. The third-order valence-electron chi connectivity index (χ3n) is 3.70. The van der Waals surface area contributed by atoms with Gasteiger partial charge in [0, 0.05) is 36.9 Å². The first-order valence-corrected chi connectivity index (χ1v) is 7.64. The van der Waals surface area contributed by atoms with E-state index in [4.69, 9.17) is 4.52 Å². The van der Waals surface area contributed by atoms with E-state index in [-0.39, 0.29) is 0 Å². The molecule has 7 heteroatoms. The lowest BCUT2D eigenvalue weighted by Crippen LogP contribution is -2.06. The van der Waals surface area contributed by atoms with Crippen molar-refractivity contribution >= 4 is 11.5 Å². The van der Waals surface area contributed by atoms with Gasteiger partial charge in [0.05, 0.1) is 6.20 Å². The van der Waals surface area contributed by atoms with Crippen molar-refractivity contribution in [3.05, 3.63) is 59.7 Å². The minimum absolute atomic E-state index is 0.562. The smallest absolute Gasteiger partial charge is 0.223 e. The second kappa shape index (κ2) is 5.77. The Morgan fingerprint density at radius 2 is 1.92 bits per heavy atom. The van der Waals surface area contributed by atoms with Gasteiger partial charge in [0.15, 0.2) is 5.65 Å². The van der Waals surface area contributed by atoms with Crippen LogP contribution in [0.3, 0.4) is 0 Å². The van der Waals surface area contributed by atoms with E-state index in [1.807, 2.05) is 43.3 Å². The van der Waals surface area contributed by atoms with E-state index < -0.39 is 0 Å². The summed E-state index contributed by atoms with van der Waals surface area (Å²) >= 11 is 0. The van der Waals surface area contributed by atoms with Crippen molar-refractivity contribution in [3.63, 3.8) is 0 Å². The molecular weight excluding hydrogens is 304 g/mol. The molecule has 7 nitrogen and oxygen atoms in total. The third-order valence-corrected chi connectivity index (χ3v) is 3.70. The lowest BCUT2D eigenvalue weighted by atomic mass is 10.1. The molecule has 4 aromatic rings. The first-order valence-electron chi connectivity index (χ1n) is 7.64. The summed E-state index contributed by atoms with van der Waals surface area (Å²) in [4.78, 5) is 8.67. The number of rotatable bonds is 4. The third kappa shape index (κ3) is 2.71. The lowest BCUT2D eigenvalue weighted by molar-refractivity contribution is 0.394. The van der Waals surface area contributed by atoms with E-state index in [0.29, 0.717) is 18.3 Å². The van der Waals surface area contributed by atoms with Gasteiger partial charge in [0.2, 0.25) is 11.7 Å². The summed E-state index contributed by atoms with van der Waals surface area (Å²) in [6, 6.07) is 11.9. The Morgan fingerprint density at radius 1 is 1.08 bits per heavy atom. The summed E-state index contributed by atoms with van der Waals surface area (Å²) < 4.78 is 6.80. The second-order valence-corrected chi connectivity index (χ2v) is 5.57. The number of nitrogens with one attached hydrogen (secondary N) is 1. The topological polar surface area (TPSA) is 81.1 Å². The average molecular weight is 320 g/mol. The fourth-order valence-electron chi connectivity index (χ4n) is 2.55. The van der Waals surface area contributed by atoms with Gasteiger partial charge in [0.1, 0.15) is 5.82 Å². The normalized spacial score (nSPS) is 11.1. The molecule has 0 spiro atoms. The molecule has 0 amide bonds. The predicted octanol–water partition coefficient (Wildman–Crippen LogP) is 3.01. The summed E-state index contributed by atoms with van der Waals surface area (Å²) in [5.74, 6) is 2.09.